The average Bonchev–Trinajstić information content (AvgIpc) is 2.81. The van der Waals surface area contributed by atoms with E-state index in [1.54, 1.807) is 48.5 Å². The summed E-state index contributed by atoms with van der Waals surface area (Å²) in [5.41, 5.74) is 3.09. The molecule has 0 heterocycles. The molecular formula is C25H23ClN2O4. The van der Waals surface area contributed by atoms with Gasteiger partial charge in [-0.3, -0.25) is 9.59 Å². The van der Waals surface area contributed by atoms with Gasteiger partial charge in [0.05, 0.1) is 25.6 Å². The molecule has 0 aromatic heterocycles. The third-order valence-electron chi connectivity index (χ3n) is 4.69. The highest BCUT2D eigenvalue weighted by Gasteiger charge is 2.15. The van der Waals surface area contributed by atoms with Gasteiger partial charge in [0.25, 0.3) is 5.91 Å². The summed E-state index contributed by atoms with van der Waals surface area (Å²) >= 11 is 6.13. The molecule has 0 fully saturated rings. The van der Waals surface area contributed by atoms with Crippen LogP contribution in [0.5, 0.6) is 11.5 Å². The molecule has 0 unspecified atom stereocenters. The Kier molecular flexibility index (Phi) is 7.52. The van der Waals surface area contributed by atoms with Crippen molar-refractivity contribution in [2.75, 3.05) is 24.9 Å². The zero-order valence-electron chi connectivity index (χ0n) is 17.9. The van der Waals surface area contributed by atoms with E-state index in [2.05, 4.69) is 10.6 Å². The number of rotatable bonds is 7. The molecule has 0 aliphatic heterocycles. The molecule has 2 N–H and O–H groups in total. The molecule has 0 aliphatic rings. The monoisotopic (exact) mass is 450 g/mol. The highest BCUT2D eigenvalue weighted by molar-refractivity contribution is 6.31. The van der Waals surface area contributed by atoms with Gasteiger partial charge in [0, 0.05) is 28.8 Å². The van der Waals surface area contributed by atoms with Gasteiger partial charge in [-0.05, 0) is 42.3 Å². The van der Waals surface area contributed by atoms with Crippen molar-refractivity contribution in [3.8, 4) is 11.5 Å². The van der Waals surface area contributed by atoms with Crippen molar-refractivity contribution in [2.24, 2.45) is 0 Å². The number of benzene rings is 3. The Morgan fingerprint density at radius 3 is 2.09 bits per heavy atom. The number of hydrogen-bond acceptors (Lipinski definition) is 4. The molecule has 0 saturated heterocycles. The van der Waals surface area contributed by atoms with E-state index >= 15 is 0 Å². The van der Waals surface area contributed by atoms with E-state index in [1.807, 2.05) is 25.1 Å². The Labute approximate surface area is 191 Å². The fourth-order valence-electron chi connectivity index (χ4n) is 2.94. The van der Waals surface area contributed by atoms with Crippen molar-refractivity contribution in [2.45, 2.75) is 6.92 Å². The fourth-order valence-corrected chi connectivity index (χ4v) is 3.13. The Morgan fingerprint density at radius 1 is 0.875 bits per heavy atom. The Morgan fingerprint density at radius 2 is 1.50 bits per heavy atom. The molecule has 3 aromatic carbocycles. The first kappa shape index (κ1) is 22.9. The van der Waals surface area contributed by atoms with Crippen LogP contribution >= 0.6 is 11.6 Å². The third-order valence-corrected chi connectivity index (χ3v) is 5.09. The van der Waals surface area contributed by atoms with Crippen LogP contribution in [0.4, 0.5) is 11.4 Å². The predicted molar refractivity (Wildman–Crippen MR) is 128 cm³/mol. The standard InChI is InChI=1S/C25H23ClN2O4/c1-16-9-10-17(13-19(16)26)11-12-24(29)27-20-14-23(32-3)21(15-22(20)31-2)28-25(30)18-7-5-4-6-8-18/h4-15H,1-3H3,(H,27,29)(H,28,30)/b12-11+. The van der Waals surface area contributed by atoms with Gasteiger partial charge in [0.1, 0.15) is 11.5 Å². The molecule has 0 atom stereocenters. The summed E-state index contributed by atoms with van der Waals surface area (Å²) in [6.45, 7) is 1.91. The minimum Gasteiger partial charge on any atom is -0.494 e. The maximum atomic E-state index is 12.5. The summed E-state index contributed by atoms with van der Waals surface area (Å²) in [5, 5.41) is 6.21. The van der Waals surface area contributed by atoms with Crippen molar-refractivity contribution < 1.29 is 19.1 Å². The van der Waals surface area contributed by atoms with Gasteiger partial charge in [-0.1, -0.05) is 41.9 Å². The minimum absolute atomic E-state index is 0.289. The summed E-state index contributed by atoms with van der Waals surface area (Å²) in [4.78, 5) is 25.0. The fraction of sp³-hybridized carbons (Fsp3) is 0.120. The smallest absolute Gasteiger partial charge is 0.255 e. The van der Waals surface area contributed by atoms with Crippen molar-refractivity contribution >= 4 is 40.9 Å². The van der Waals surface area contributed by atoms with E-state index in [1.165, 1.54) is 20.3 Å². The lowest BCUT2D eigenvalue weighted by atomic mass is 10.1. The van der Waals surface area contributed by atoms with Crippen LogP contribution in [-0.4, -0.2) is 26.0 Å². The Hall–Kier alpha value is -3.77. The third kappa shape index (κ3) is 5.68. The van der Waals surface area contributed by atoms with Crippen LogP contribution in [-0.2, 0) is 4.79 Å². The van der Waals surface area contributed by atoms with Crippen LogP contribution < -0.4 is 20.1 Å². The van der Waals surface area contributed by atoms with E-state index in [9.17, 15) is 9.59 Å². The molecule has 3 aromatic rings. The number of halogens is 1. The normalized spacial score (nSPS) is 10.6. The Balaban J connectivity index is 1.79. The number of amides is 2. The highest BCUT2D eigenvalue weighted by atomic mass is 35.5. The first-order chi connectivity index (χ1) is 15.4. The van der Waals surface area contributed by atoms with E-state index in [0.717, 1.165) is 11.1 Å². The largest absolute Gasteiger partial charge is 0.494 e. The van der Waals surface area contributed by atoms with Gasteiger partial charge in [0.15, 0.2) is 0 Å². The van der Waals surface area contributed by atoms with Crippen LogP contribution in [0.3, 0.4) is 0 Å². The maximum Gasteiger partial charge on any atom is 0.255 e. The number of methoxy groups -OCH3 is 2. The molecule has 2 amide bonds. The van der Waals surface area contributed by atoms with Crippen LogP contribution in [0.15, 0.2) is 66.7 Å². The molecule has 32 heavy (non-hydrogen) atoms. The number of carbonyl (C=O) groups excluding carboxylic acids is 2. The van der Waals surface area contributed by atoms with Crippen LogP contribution in [0.1, 0.15) is 21.5 Å². The average molecular weight is 451 g/mol. The maximum absolute atomic E-state index is 12.5. The number of aryl methyl sites for hydroxylation is 1. The number of carbonyl (C=O) groups is 2. The van der Waals surface area contributed by atoms with Gasteiger partial charge in [0.2, 0.25) is 5.91 Å². The number of ether oxygens (including phenoxy) is 2. The lowest BCUT2D eigenvalue weighted by Gasteiger charge is -2.16. The van der Waals surface area contributed by atoms with Crippen molar-refractivity contribution in [1.82, 2.24) is 0 Å². The van der Waals surface area contributed by atoms with Gasteiger partial charge in [-0.2, -0.15) is 0 Å². The minimum atomic E-state index is -0.358. The molecule has 0 spiro atoms. The summed E-state index contributed by atoms with van der Waals surface area (Å²) in [7, 11) is 2.96. The number of hydrogen-bond donors (Lipinski definition) is 2. The van der Waals surface area contributed by atoms with Crippen LogP contribution in [0.2, 0.25) is 5.02 Å². The molecule has 0 saturated carbocycles. The quantitative estimate of drug-likeness (QED) is 0.461. The van der Waals surface area contributed by atoms with E-state index in [-0.39, 0.29) is 11.8 Å². The van der Waals surface area contributed by atoms with Gasteiger partial charge < -0.3 is 20.1 Å². The van der Waals surface area contributed by atoms with Gasteiger partial charge in [-0.25, -0.2) is 0 Å². The molecule has 0 bridgehead atoms. The number of nitrogens with one attached hydrogen (secondary N) is 2. The summed E-state index contributed by atoms with van der Waals surface area (Å²) in [6.07, 6.45) is 3.07. The van der Waals surface area contributed by atoms with E-state index in [0.29, 0.717) is 33.5 Å². The first-order valence-electron chi connectivity index (χ1n) is 9.79. The first-order valence-corrected chi connectivity index (χ1v) is 10.2. The lowest BCUT2D eigenvalue weighted by molar-refractivity contribution is -0.111. The molecule has 6 nitrogen and oxygen atoms in total. The molecule has 0 aliphatic carbocycles. The van der Waals surface area contributed by atoms with Crippen molar-refractivity contribution in [3.63, 3.8) is 0 Å². The van der Waals surface area contributed by atoms with Crippen LogP contribution in [0.25, 0.3) is 6.08 Å². The van der Waals surface area contributed by atoms with E-state index < -0.39 is 0 Å². The summed E-state index contributed by atoms with van der Waals surface area (Å²) in [6, 6.07) is 17.5. The summed E-state index contributed by atoms with van der Waals surface area (Å²) < 4.78 is 10.8. The lowest BCUT2D eigenvalue weighted by Crippen LogP contribution is -2.14. The second kappa shape index (κ2) is 10.5. The molecule has 0 radical (unpaired) electrons. The zero-order chi connectivity index (χ0) is 23.1. The second-order valence-electron chi connectivity index (χ2n) is 6.90. The van der Waals surface area contributed by atoms with Crippen molar-refractivity contribution in [1.29, 1.82) is 0 Å². The van der Waals surface area contributed by atoms with Crippen molar-refractivity contribution in [3.05, 3.63) is 88.5 Å². The molecule has 164 valence electrons. The molecular weight excluding hydrogens is 428 g/mol. The second-order valence-corrected chi connectivity index (χ2v) is 7.31. The predicted octanol–water partition coefficient (Wildman–Crippen LogP) is 5.57. The Bertz CT molecular complexity index is 1160. The molecule has 7 heteroatoms. The summed E-state index contributed by atoms with van der Waals surface area (Å²) in [5.74, 6) is 0.0968. The van der Waals surface area contributed by atoms with Gasteiger partial charge in [-0.15, -0.1) is 0 Å². The zero-order valence-corrected chi connectivity index (χ0v) is 18.7. The topological polar surface area (TPSA) is 76.7 Å². The van der Waals surface area contributed by atoms with Gasteiger partial charge >= 0.3 is 0 Å². The highest BCUT2D eigenvalue weighted by Crippen LogP contribution is 2.36. The number of anilines is 2. The van der Waals surface area contributed by atoms with E-state index in [4.69, 9.17) is 21.1 Å². The SMILES string of the molecule is COc1cc(NC(=O)c2ccccc2)c(OC)cc1NC(=O)/C=C/c1ccc(C)c(Cl)c1. The van der Waals surface area contributed by atoms with Crippen LogP contribution in [0, 0.1) is 6.92 Å². The molecule has 3 rings (SSSR count).